The van der Waals surface area contributed by atoms with Gasteiger partial charge in [0.05, 0.1) is 0 Å². The van der Waals surface area contributed by atoms with Crippen LogP contribution in [0.3, 0.4) is 0 Å². The van der Waals surface area contributed by atoms with Crippen molar-refractivity contribution in [1.29, 1.82) is 0 Å². The third kappa shape index (κ3) is 2.48. The minimum atomic E-state index is -1.08. The van der Waals surface area contributed by atoms with E-state index in [1.165, 1.54) is 0 Å². The van der Waals surface area contributed by atoms with Gasteiger partial charge in [-0.1, -0.05) is 20.3 Å². The van der Waals surface area contributed by atoms with E-state index in [0.29, 0.717) is 12.8 Å². The minimum Gasteiger partial charge on any atom is -0.382 e. The number of rotatable bonds is 4. The Hall–Kier alpha value is -0.370. The van der Waals surface area contributed by atoms with E-state index in [1.807, 2.05) is 6.92 Å². The zero-order valence-corrected chi connectivity index (χ0v) is 6.98. The van der Waals surface area contributed by atoms with Crippen molar-refractivity contribution in [1.82, 2.24) is 0 Å². The minimum absolute atomic E-state index is 0.0608. The molecule has 0 spiro atoms. The van der Waals surface area contributed by atoms with Crippen molar-refractivity contribution in [3.8, 4) is 0 Å². The topological polar surface area (TPSA) is 37.3 Å². The van der Waals surface area contributed by atoms with E-state index in [-0.39, 0.29) is 5.78 Å². The quantitative estimate of drug-likeness (QED) is 0.649. The van der Waals surface area contributed by atoms with Gasteiger partial charge in [0, 0.05) is 6.42 Å². The standard InChI is InChI=1S/C8H16O2/c1-4-6-8(3,10)7(9)5-2/h10H,4-6H2,1-3H3. The number of Topliss-reactive ketones (excluding diaryl/α,β-unsaturated/α-hetero) is 1. The fraction of sp³-hybridized carbons (Fsp3) is 0.875. The summed E-state index contributed by atoms with van der Waals surface area (Å²) in [5.74, 6) is -0.0608. The fourth-order valence-electron chi connectivity index (χ4n) is 1.01. The molecular weight excluding hydrogens is 128 g/mol. The molecule has 0 aliphatic carbocycles. The number of carbonyl (C=O) groups is 1. The summed E-state index contributed by atoms with van der Waals surface area (Å²) in [6, 6.07) is 0. The van der Waals surface area contributed by atoms with Crippen LogP contribution in [0.15, 0.2) is 0 Å². The summed E-state index contributed by atoms with van der Waals surface area (Å²) in [4.78, 5) is 11.0. The van der Waals surface area contributed by atoms with Gasteiger partial charge in [-0.2, -0.15) is 0 Å². The summed E-state index contributed by atoms with van der Waals surface area (Å²) in [5, 5.41) is 9.43. The molecule has 0 saturated heterocycles. The van der Waals surface area contributed by atoms with Gasteiger partial charge in [0.1, 0.15) is 5.60 Å². The second-order valence-corrected chi connectivity index (χ2v) is 2.80. The maximum atomic E-state index is 11.0. The van der Waals surface area contributed by atoms with Crippen molar-refractivity contribution in [2.75, 3.05) is 0 Å². The number of hydrogen-bond donors (Lipinski definition) is 1. The van der Waals surface area contributed by atoms with Gasteiger partial charge in [-0.15, -0.1) is 0 Å². The average molecular weight is 144 g/mol. The van der Waals surface area contributed by atoms with Crippen LogP contribution in [0.5, 0.6) is 0 Å². The van der Waals surface area contributed by atoms with Crippen LogP contribution >= 0.6 is 0 Å². The van der Waals surface area contributed by atoms with Gasteiger partial charge in [0.15, 0.2) is 5.78 Å². The summed E-state index contributed by atoms with van der Waals surface area (Å²) >= 11 is 0. The van der Waals surface area contributed by atoms with Crippen LogP contribution in [-0.2, 0) is 4.79 Å². The van der Waals surface area contributed by atoms with Gasteiger partial charge in [0.25, 0.3) is 0 Å². The monoisotopic (exact) mass is 144 g/mol. The second-order valence-electron chi connectivity index (χ2n) is 2.80. The highest BCUT2D eigenvalue weighted by atomic mass is 16.3. The third-order valence-corrected chi connectivity index (χ3v) is 1.66. The average Bonchev–Trinajstić information content (AvgIpc) is 1.86. The lowest BCUT2D eigenvalue weighted by molar-refractivity contribution is -0.136. The molecule has 1 atom stereocenters. The highest BCUT2D eigenvalue weighted by molar-refractivity contribution is 5.86. The van der Waals surface area contributed by atoms with Crippen molar-refractivity contribution >= 4 is 5.78 Å². The molecule has 10 heavy (non-hydrogen) atoms. The first-order valence-electron chi connectivity index (χ1n) is 3.80. The third-order valence-electron chi connectivity index (χ3n) is 1.66. The first kappa shape index (κ1) is 9.63. The highest BCUT2D eigenvalue weighted by Crippen LogP contribution is 2.14. The number of hydrogen-bond acceptors (Lipinski definition) is 2. The summed E-state index contributed by atoms with van der Waals surface area (Å²) in [5.41, 5.74) is -1.08. The number of aliphatic hydroxyl groups is 1. The van der Waals surface area contributed by atoms with Crippen molar-refractivity contribution in [2.45, 2.75) is 45.6 Å². The van der Waals surface area contributed by atoms with Crippen molar-refractivity contribution in [3.63, 3.8) is 0 Å². The SMILES string of the molecule is CCCC(C)(O)C(=O)CC. The summed E-state index contributed by atoms with van der Waals surface area (Å²) in [6.45, 7) is 5.31. The zero-order chi connectivity index (χ0) is 8.20. The molecule has 0 aromatic rings. The van der Waals surface area contributed by atoms with E-state index in [4.69, 9.17) is 0 Å². The van der Waals surface area contributed by atoms with Crippen LogP contribution in [0.4, 0.5) is 0 Å². The lowest BCUT2D eigenvalue weighted by Gasteiger charge is -2.19. The first-order valence-corrected chi connectivity index (χ1v) is 3.80. The van der Waals surface area contributed by atoms with Crippen molar-refractivity contribution in [2.24, 2.45) is 0 Å². The molecule has 2 heteroatoms. The molecule has 0 heterocycles. The van der Waals surface area contributed by atoms with Gasteiger partial charge in [-0.25, -0.2) is 0 Å². The van der Waals surface area contributed by atoms with E-state index in [1.54, 1.807) is 13.8 Å². The number of carbonyl (C=O) groups excluding carboxylic acids is 1. The Morgan fingerprint density at radius 3 is 2.30 bits per heavy atom. The normalized spacial score (nSPS) is 16.4. The van der Waals surface area contributed by atoms with E-state index < -0.39 is 5.60 Å². The Morgan fingerprint density at radius 1 is 1.50 bits per heavy atom. The molecule has 0 rings (SSSR count). The van der Waals surface area contributed by atoms with Crippen LogP contribution in [0.25, 0.3) is 0 Å². The molecule has 60 valence electrons. The van der Waals surface area contributed by atoms with Gasteiger partial charge in [-0.05, 0) is 13.3 Å². The van der Waals surface area contributed by atoms with Crippen LogP contribution in [-0.4, -0.2) is 16.5 Å². The molecule has 0 aliphatic heterocycles. The molecule has 1 N–H and O–H groups in total. The molecule has 0 aromatic heterocycles. The molecule has 0 fully saturated rings. The molecule has 0 bridgehead atoms. The molecule has 0 aliphatic rings. The van der Waals surface area contributed by atoms with E-state index >= 15 is 0 Å². The van der Waals surface area contributed by atoms with E-state index in [9.17, 15) is 9.90 Å². The molecule has 0 amide bonds. The molecule has 0 aromatic carbocycles. The van der Waals surface area contributed by atoms with Gasteiger partial charge in [0.2, 0.25) is 0 Å². The predicted molar refractivity (Wildman–Crippen MR) is 40.8 cm³/mol. The fourth-order valence-corrected chi connectivity index (χ4v) is 1.01. The smallest absolute Gasteiger partial charge is 0.163 e. The second kappa shape index (κ2) is 3.71. The van der Waals surface area contributed by atoms with Gasteiger partial charge in [-0.3, -0.25) is 4.79 Å². The zero-order valence-electron chi connectivity index (χ0n) is 6.98. The van der Waals surface area contributed by atoms with Crippen LogP contribution in [0.1, 0.15) is 40.0 Å². The summed E-state index contributed by atoms with van der Waals surface area (Å²) in [6.07, 6.45) is 1.84. The predicted octanol–water partition coefficient (Wildman–Crippen LogP) is 1.52. The lowest BCUT2D eigenvalue weighted by Crippen LogP contribution is -2.34. The summed E-state index contributed by atoms with van der Waals surface area (Å²) < 4.78 is 0. The number of ketones is 1. The Kier molecular flexibility index (Phi) is 3.58. The first-order chi connectivity index (χ1) is 4.54. The van der Waals surface area contributed by atoms with E-state index in [0.717, 1.165) is 6.42 Å². The molecule has 0 saturated carbocycles. The van der Waals surface area contributed by atoms with Gasteiger partial charge >= 0.3 is 0 Å². The summed E-state index contributed by atoms with van der Waals surface area (Å²) in [7, 11) is 0. The molecule has 1 unspecified atom stereocenters. The van der Waals surface area contributed by atoms with Crippen LogP contribution < -0.4 is 0 Å². The Bertz CT molecular complexity index is 116. The largest absolute Gasteiger partial charge is 0.382 e. The van der Waals surface area contributed by atoms with Gasteiger partial charge < -0.3 is 5.11 Å². The Labute approximate surface area is 62.2 Å². The van der Waals surface area contributed by atoms with Crippen LogP contribution in [0, 0.1) is 0 Å². The highest BCUT2D eigenvalue weighted by Gasteiger charge is 2.26. The Morgan fingerprint density at radius 2 is 2.00 bits per heavy atom. The van der Waals surface area contributed by atoms with Crippen molar-refractivity contribution < 1.29 is 9.90 Å². The van der Waals surface area contributed by atoms with Crippen LogP contribution in [0.2, 0.25) is 0 Å². The van der Waals surface area contributed by atoms with E-state index in [2.05, 4.69) is 0 Å². The van der Waals surface area contributed by atoms with Crippen molar-refractivity contribution in [3.05, 3.63) is 0 Å². The maximum Gasteiger partial charge on any atom is 0.163 e. The Balaban J connectivity index is 3.96. The molecule has 2 nitrogen and oxygen atoms in total. The maximum absolute atomic E-state index is 11.0. The lowest BCUT2D eigenvalue weighted by atomic mass is 9.94. The molecular formula is C8H16O2. The molecule has 0 radical (unpaired) electrons.